The number of carbonyl (C=O) groups excluding carboxylic acids is 3. The molecule has 48 heavy (non-hydrogen) atoms. The lowest BCUT2D eigenvalue weighted by molar-refractivity contribution is -0.127. The summed E-state index contributed by atoms with van der Waals surface area (Å²) in [5.41, 5.74) is 3.07. The van der Waals surface area contributed by atoms with Crippen LogP contribution >= 0.6 is 0 Å². The molecule has 2 aliphatic heterocycles. The molecule has 4 aromatic rings. The van der Waals surface area contributed by atoms with Gasteiger partial charge in [0.15, 0.2) is 0 Å². The second-order valence-corrected chi connectivity index (χ2v) is 12.4. The molecule has 1 N–H and O–H groups in total. The first-order valence-electron chi connectivity index (χ1n) is 16.1. The molecule has 0 bridgehead atoms. The van der Waals surface area contributed by atoms with E-state index in [9.17, 15) is 14.4 Å². The molecule has 1 saturated heterocycles. The maximum absolute atomic E-state index is 15.8. The van der Waals surface area contributed by atoms with Gasteiger partial charge in [-0.25, -0.2) is 8.78 Å². The fourth-order valence-corrected chi connectivity index (χ4v) is 6.42. The first-order chi connectivity index (χ1) is 23.1. The largest absolute Gasteiger partial charge is 0.339 e. The second kappa shape index (κ2) is 13.9. The fraction of sp³-hybridized carbons (Fsp3) is 0.256. The number of alkyl halides is 2. The number of para-hydroxylation sites is 1. The number of amides is 3. The predicted octanol–water partition coefficient (Wildman–Crippen LogP) is 7.23. The average Bonchev–Trinajstić information content (AvgIpc) is 3.22. The number of hydrogen-bond donors (Lipinski definition) is 1. The first-order valence-corrected chi connectivity index (χ1v) is 16.1. The summed E-state index contributed by atoms with van der Waals surface area (Å²) in [6.07, 6.45) is 1.97. The molecule has 0 atom stereocenters. The molecule has 9 heteroatoms. The maximum Gasteiger partial charge on any atom is 0.275 e. The maximum atomic E-state index is 15.8. The summed E-state index contributed by atoms with van der Waals surface area (Å²) >= 11 is 0. The van der Waals surface area contributed by atoms with Gasteiger partial charge in [-0.2, -0.15) is 0 Å². The van der Waals surface area contributed by atoms with E-state index in [4.69, 9.17) is 0 Å². The number of likely N-dealkylation sites (tertiary alicyclic amines) is 1. The molecule has 2 aliphatic rings. The van der Waals surface area contributed by atoms with Crippen molar-refractivity contribution in [3.05, 3.63) is 126 Å². The standard InChI is InChI=1S/C39H38F2N4O3/c1-43-23-20-30(21-24-43)44(2)36(46)26-34-33-14-8-9-15-35(33)45(25-22-39(34,40)41)38(48)28-16-18-29(19-17-28)42-37(47)32-13-7-6-12-31(32)27-10-4-3-5-11-27/h3-19,26,30H,20-25H2,1-2H3,(H,42,47)/b34-26+. The molecular formula is C39H38F2N4O3. The van der Waals surface area contributed by atoms with Gasteiger partial charge < -0.3 is 20.0 Å². The molecular weight excluding hydrogens is 610 g/mol. The van der Waals surface area contributed by atoms with Crippen molar-refractivity contribution in [2.45, 2.75) is 31.2 Å². The van der Waals surface area contributed by atoms with Crippen molar-refractivity contribution in [2.75, 3.05) is 43.9 Å². The summed E-state index contributed by atoms with van der Waals surface area (Å²) in [5.74, 6) is -4.56. The molecule has 7 nitrogen and oxygen atoms in total. The Morgan fingerprint density at radius 3 is 2.15 bits per heavy atom. The van der Waals surface area contributed by atoms with Crippen LogP contribution in [-0.4, -0.2) is 73.2 Å². The van der Waals surface area contributed by atoms with Gasteiger partial charge in [-0.3, -0.25) is 14.4 Å². The Kier molecular flexibility index (Phi) is 9.50. The fourth-order valence-electron chi connectivity index (χ4n) is 6.42. The van der Waals surface area contributed by atoms with E-state index in [1.165, 1.54) is 11.0 Å². The number of allylic oxidation sites excluding steroid dienone is 1. The van der Waals surface area contributed by atoms with E-state index >= 15 is 8.78 Å². The number of nitrogens with one attached hydrogen (secondary N) is 1. The highest BCUT2D eigenvalue weighted by Crippen LogP contribution is 2.43. The van der Waals surface area contributed by atoms with Crippen molar-refractivity contribution in [2.24, 2.45) is 0 Å². The minimum Gasteiger partial charge on any atom is -0.339 e. The number of hydrogen-bond acceptors (Lipinski definition) is 4. The number of benzene rings is 4. The molecule has 3 amide bonds. The Hall–Kier alpha value is -5.15. The van der Waals surface area contributed by atoms with Gasteiger partial charge >= 0.3 is 0 Å². The molecule has 6 rings (SSSR count). The number of halogens is 2. The zero-order valence-corrected chi connectivity index (χ0v) is 27.0. The number of fused-ring (bicyclic) bond motifs is 1. The monoisotopic (exact) mass is 648 g/mol. The van der Waals surface area contributed by atoms with E-state index in [1.54, 1.807) is 66.5 Å². The number of carbonyl (C=O) groups is 3. The number of rotatable bonds is 6. The van der Waals surface area contributed by atoms with Crippen molar-refractivity contribution < 1.29 is 23.2 Å². The van der Waals surface area contributed by atoms with Gasteiger partial charge in [-0.1, -0.05) is 66.7 Å². The highest BCUT2D eigenvalue weighted by molar-refractivity contribution is 6.11. The van der Waals surface area contributed by atoms with Crippen LogP contribution in [0.15, 0.2) is 109 Å². The predicted molar refractivity (Wildman–Crippen MR) is 185 cm³/mol. The van der Waals surface area contributed by atoms with Crippen LogP contribution in [-0.2, 0) is 4.79 Å². The lowest BCUT2D eigenvalue weighted by atomic mass is 9.96. The van der Waals surface area contributed by atoms with Crippen molar-refractivity contribution in [1.29, 1.82) is 0 Å². The van der Waals surface area contributed by atoms with Crippen molar-refractivity contribution in [3.63, 3.8) is 0 Å². The summed E-state index contributed by atoms with van der Waals surface area (Å²) < 4.78 is 31.6. The van der Waals surface area contributed by atoms with Crippen LogP contribution in [0.4, 0.5) is 20.2 Å². The highest BCUT2D eigenvalue weighted by Gasteiger charge is 2.42. The Bertz CT molecular complexity index is 1830. The number of anilines is 2. The van der Waals surface area contributed by atoms with Crippen molar-refractivity contribution in [3.8, 4) is 11.1 Å². The summed E-state index contributed by atoms with van der Waals surface area (Å²) in [4.78, 5) is 45.5. The van der Waals surface area contributed by atoms with Crippen LogP contribution in [0.25, 0.3) is 16.7 Å². The van der Waals surface area contributed by atoms with E-state index in [-0.39, 0.29) is 35.2 Å². The topological polar surface area (TPSA) is 73.0 Å². The average molecular weight is 649 g/mol. The van der Waals surface area contributed by atoms with Gasteiger partial charge in [0.05, 0.1) is 5.69 Å². The van der Waals surface area contributed by atoms with Crippen LogP contribution in [0.3, 0.4) is 0 Å². The third kappa shape index (κ3) is 6.92. The normalized spacial score (nSPS) is 17.3. The molecule has 0 aromatic heterocycles. The van der Waals surface area contributed by atoms with Gasteiger partial charge in [0, 0.05) is 60.1 Å². The second-order valence-electron chi connectivity index (χ2n) is 12.4. The van der Waals surface area contributed by atoms with Crippen LogP contribution < -0.4 is 10.2 Å². The zero-order valence-electron chi connectivity index (χ0n) is 27.0. The number of likely N-dealkylation sites (N-methyl/N-ethyl adjacent to an activating group) is 1. The van der Waals surface area contributed by atoms with Crippen LogP contribution in [0.2, 0.25) is 0 Å². The van der Waals surface area contributed by atoms with Crippen molar-refractivity contribution >= 4 is 34.7 Å². The van der Waals surface area contributed by atoms with Gasteiger partial charge in [-0.15, -0.1) is 0 Å². The van der Waals surface area contributed by atoms with Gasteiger partial charge in [0.2, 0.25) is 5.91 Å². The van der Waals surface area contributed by atoms with Gasteiger partial charge in [-0.05, 0) is 80.5 Å². The molecule has 0 spiro atoms. The minimum absolute atomic E-state index is 0.0235. The molecule has 246 valence electrons. The summed E-state index contributed by atoms with van der Waals surface area (Å²) in [5, 5.41) is 2.90. The lowest BCUT2D eigenvalue weighted by Crippen LogP contribution is -2.44. The van der Waals surface area contributed by atoms with E-state index < -0.39 is 24.2 Å². The molecule has 0 unspecified atom stereocenters. The molecule has 2 heterocycles. The summed E-state index contributed by atoms with van der Waals surface area (Å²) in [7, 11) is 3.69. The molecule has 1 fully saturated rings. The molecule has 0 aliphatic carbocycles. The van der Waals surface area contributed by atoms with E-state index in [0.29, 0.717) is 16.9 Å². The third-order valence-corrected chi connectivity index (χ3v) is 9.27. The van der Waals surface area contributed by atoms with Gasteiger partial charge in [0.25, 0.3) is 17.7 Å². The number of nitrogens with zero attached hydrogens (tertiary/aromatic N) is 3. The number of piperidine rings is 1. The Morgan fingerprint density at radius 1 is 0.812 bits per heavy atom. The van der Waals surface area contributed by atoms with Crippen LogP contribution in [0, 0.1) is 0 Å². The van der Waals surface area contributed by atoms with E-state index in [2.05, 4.69) is 10.2 Å². The highest BCUT2D eigenvalue weighted by atomic mass is 19.3. The molecule has 4 aromatic carbocycles. The molecule has 0 radical (unpaired) electrons. The Balaban J connectivity index is 1.22. The minimum atomic E-state index is -3.33. The van der Waals surface area contributed by atoms with Crippen LogP contribution in [0.5, 0.6) is 0 Å². The smallest absolute Gasteiger partial charge is 0.275 e. The van der Waals surface area contributed by atoms with Crippen molar-refractivity contribution in [1.82, 2.24) is 9.80 Å². The third-order valence-electron chi connectivity index (χ3n) is 9.27. The quantitative estimate of drug-likeness (QED) is 0.224. The van der Waals surface area contributed by atoms with E-state index in [0.717, 1.165) is 43.1 Å². The Labute approximate surface area is 279 Å². The van der Waals surface area contributed by atoms with E-state index in [1.807, 2.05) is 49.5 Å². The molecule has 0 saturated carbocycles. The van der Waals surface area contributed by atoms with Crippen LogP contribution in [0.1, 0.15) is 45.5 Å². The first kappa shape index (κ1) is 32.8. The lowest BCUT2D eigenvalue weighted by Gasteiger charge is -2.34. The summed E-state index contributed by atoms with van der Waals surface area (Å²) in [6, 6.07) is 29.8. The van der Waals surface area contributed by atoms with Gasteiger partial charge in [0.1, 0.15) is 0 Å². The SMILES string of the molecule is CN1CCC(N(C)C(=O)/C=C2\c3ccccc3N(C(=O)c3ccc(NC(=O)c4ccccc4-c4ccccc4)cc3)CCC2(F)F)CC1. The Morgan fingerprint density at radius 2 is 1.44 bits per heavy atom. The zero-order chi connectivity index (χ0) is 33.8. The summed E-state index contributed by atoms with van der Waals surface area (Å²) in [6.45, 7) is 1.43.